The highest BCUT2D eigenvalue weighted by atomic mass is 35.5. The molecule has 0 spiro atoms. The number of ether oxygens (including phenoxy) is 2. The zero-order valence-corrected chi connectivity index (χ0v) is 29.4. The summed E-state index contributed by atoms with van der Waals surface area (Å²) < 4.78 is 25.0. The third-order valence-electron chi connectivity index (χ3n) is 9.59. The number of thiazole rings is 1. The quantitative estimate of drug-likeness (QED) is 0.292. The number of rotatable bonds is 10. The van der Waals surface area contributed by atoms with Crippen LogP contribution in [-0.4, -0.2) is 115 Å². The number of halogens is 2. The molecule has 3 atom stereocenters. The molecular weight excluding hydrogens is 701 g/mol. The zero-order chi connectivity index (χ0) is 35.6. The minimum Gasteiger partial charge on any atom is -0.481 e. The third-order valence-corrected chi connectivity index (χ3v) is 10.7. The number of amides is 2. The van der Waals surface area contributed by atoms with Crippen molar-refractivity contribution in [2.24, 2.45) is 4.99 Å². The van der Waals surface area contributed by atoms with Crippen molar-refractivity contribution in [3.8, 4) is 0 Å². The molecule has 2 N–H and O–H groups in total. The minimum atomic E-state index is -0.860. The van der Waals surface area contributed by atoms with Gasteiger partial charge in [0.05, 0.1) is 31.4 Å². The number of aliphatic imine (C=N–C) groups is 1. The minimum absolute atomic E-state index is 0.0537. The van der Waals surface area contributed by atoms with Crippen molar-refractivity contribution in [2.75, 3.05) is 69.3 Å². The van der Waals surface area contributed by atoms with Crippen molar-refractivity contribution >= 4 is 58.1 Å². The smallest absolute Gasteiger partial charge is 0.338 e. The maximum Gasteiger partial charge on any atom is 0.338 e. The first kappa shape index (κ1) is 34.9. The van der Waals surface area contributed by atoms with E-state index in [9.17, 15) is 18.8 Å². The number of hydrogen-bond donors (Lipinski definition) is 2. The van der Waals surface area contributed by atoms with E-state index < -0.39 is 23.8 Å². The first-order valence-corrected chi connectivity index (χ1v) is 17.9. The number of carboxylic acid groups (broad SMARTS) is 1. The molecule has 3 aromatic rings. The van der Waals surface area contributed by atoms with Crippen molar-refractivity contribution < 1.29 is 33.4 Å². The maximum atomic E-state index is 14.0. The molecule has 3 fully saturated rings. The molecule has 3 saturated heterocycles. The molecule has 0 radical (unpaired) electrons. The molecule has 268 valence electrons. The van der Waals surface area contributed by atoms with Crippen LogP contribution in [0.3, 0.4) is 0 Å². The molecule has 4 aliphatic heterocycles. The summed E-state index contributed by atoms with van der Waals surface area (Å²) in [6, 6.07) is 10.9. The second-order valence-corrected chi connectivity index (χ2v) is 14.1. The van der Waals surface area contributed by atoms with Gasteiger partial charge in [0.1, 0.15) is 11.9 Å². The van der Waals surface area contributed by atoms with Gasteiger partial charge in [0.15, 0.2) is 10.8 Å². The van der Waals surface area contributed by atoms with Gasteiger partial charge in [-0.05, 0) is 42.8 Å². The Labute approximate surface area is 302 Å². The van der Waals surface area contributed by atoms with Crippen molar-refractivity contribution in [1.82, 2.24) is 20.1 Å². The van der Waals surface area contributed by atoms with Gasteiger partial charge in [-0.2, -0.15) is 0 Å². The van der Waals surface area contributed by atoms with Gasteiger partial charge in [-0.25, -0.2) is 19.0 Å². The second-order valence-electron chi connectivity index (χ2n) is 12.8. The number of anilines is 2. The van der Waals surface area contributed by atoms with Gasteiger partial charge in [-0.15, -0.1) is 11.3 Å². The monoisotopic (exact) mass is 737 g/mol. The van der Waals surface area contributed by atoms with E-state index in [1.54, 1.807) is 11.1 Å². The maximum absolute atomic E-state index is 14.0. The summed E-state index contributed by atoms with van der Waals surface area (Å²) in [5.74, 6) is -1.45. The fourth-order valence-corrected chi connectivity index (χ4v) is 7.94. The number of fused-ring (bicyclic) bond motifs is 1. The van der Waals surface area contributed by atoms with Gasteiger partial charge in [0, 0.05) is 91.5 Å². The number of amidine groups is 1. The number of esters is 1. The van der Waals surface area contributed by atoms with Crippen molar-refractivity contribution in [3.63, 3.8) is 0 Å². The van der Waals surface area contributed by atoms with Crippen LogP contribution in [0.5, 0.6) is 0 Å². The van der Waals surface area contributed by atoms with E-state index in [-0.39, 0.29) is 35.2 Å². The first-order chi connectivity index (χ1) is 24.7. The Bertz CT molecular complexity index is 1860. The molecule has 13 nitrogen and oxygen atoms in total. The number of urea groups is 1. The number of carbonyl (C=O) groups excluding carboxylic acids is 2. The fraction of sp³-hybridized carbons (Fsp3) is 0.400. The Balaban J connectivity index is 1.07. The predicted molar refractivity (Wildman–Crippen MR) is 190 cm³/mol. The van der Waals surface area contributed by atoms with Crippen molar-refractivity contribution in [3.05, 3.63) is 86.7 Å². The molecule has 51 heavy (non-hydrogen) atoms. The van der Waals surface area contributed by atoms with E-state index >= 15 is 0 Å². The number of hydrogen-bond acceptors (Lipinski definition) is 11. The SMILES string of the molecule is COC(=O)C1=C(CN2CCN3C(=O)N(c4ccc(N5CCOC(CCC(=O)O)C5)cc4)CC3C2)NC(c2nccs2)=NC1c1ccc(F)cc1Cl. The molecule has 7 rings (SSSR count). The van der Waals surface area contributed by atoms with Gasteiger partial charge in [0.2, 0.25) is 0 Å². The molecule has 0 bridgehead atoms. The van der Waals surface area contributed by atoms with Gasteiger partial charge in [0.25, 0.3) is 0 Å². The van der Waals surface area contributed by atoms with E-state index in [4.69, 9.17) is 31.2 Å². The molecule has 2 aromatic carbocycles. The third kappa shape index (κ3) is 7.42. The van der Waals surface area contributed by atoms with Gasteiger partial charge >= 0.3 is 18.0 Å². The number of aliphatic carboxylic acids is 1. The Hall–Kier alpha value is -4.57. The van der Waals surface area contributed by atoms with Gasteiger partial charge in [-0.3, -0.25) is 19.6 Å². The van der Waals surface area contributed by atoms with Crippen LogP contribution in [-0.2, 0) is 19.1 Å². The summed E-state index contributed by atoms with van der Waals surface area (Å²) in [5, 5.41) is 15.0. The van der Waals surface area contributed by atoms with Crippen LogP contribution in [0.2, 0.25) is 5.02 Å². The Morgan fingerprint density at radius 2 is 1.92 bits per heavy atom. The summed E-state index contributed by atoms with van der Waals surface area (Å²) in [4.78, 5) is 55.3. The molecule has 5 heterocycles. The average Bonchev–Trinajstić information content (AvgIpc) is 3.79. The Kier molecular flexibility index (Phi) is 10.2. The summed E-state index contributed by atoms with van der Waals surface area (Å²) >= 11 is 7.90. The lowest BCUT2D eigenvalue weighted by Gasteiger charge is -2.38. The number of carboxylic acids is 1. The van der Waals surface area contributed by atoms with Gasteiger partial charge < -0.3 is 29.7 Å². The molecule has 2 amide bonds. The summed E-state index contributed by atoms with van der Waals surface area (Å²) in [6.07, 6.45) is 2.05. The molecule has 0 aliphatic carbocycles. The number of methoxy groups -OCH3 is 1. The van der Waals surface area contributed by atoms with Crippen molar-refractivity contribution in [2.45, 2.75) is 31.0 Å². The number of aromatic nitrogens is 1. The highest BCUT2D eigenvalue weighted by Crippen LogP contribution is 2.37. The van der Waals surface area contributed by atoms with Crippen LogP contribution in [0.15, 0.2) is 70.3 Å². The zero-order valence-electron chi connectivity index (χ0n) is 27.8. The summed E-state index contributed by atoms with van der Waals surface area (Å²) in [7, 11) is 1.31. The van der Waals surface area contributed by atoms with Crippen LogP contribution >= 0.6 is 22.9 Å². The lowest BCUT2D eigenvalue weighted by atomic mass is 9.95. The van der Waals surface area contributed by atoms with E-state index in [2.05, 4.69) is 20.1 Å². The molecular formula is C35H37ClFN7O6S. The van der Waals surface area contributed by atoms with Crippen LogP contribution in [0.4, 0.5) is 20.6 Å². The lowest BCUT2D eigenvalue weighted by Crippen LogP contribution is -2.53. The van der Waals surface area contributed by atoms with Crippen LogP contribution in [0.1, 0.15) is 29.5 Å². The average molecular weight is 738 g/mol. The van der Waals surface area contributed by atoms with E-state index in [1.807, 2.05) is 34.5 Å². The Morgan fingerprint density at radius 1 is 1.12 bits per heavy atom. The highest BCUT2D eigenvalue weighted by molar-refractivity contribution is 7.11. The van der Waals surface area contributed by atoms with E-state index in [1.165, 1.54) is 36.6 Å². The predicted octanol–water partition coefficient (Wildman–Crippen LogP) is 4.15. The van der Waals surface area contributed by atoms with E-state index in [0.717, 1.165) is 11.4 Å². The van der Waals surface area contributed by atoms with Crippen LogP contribution < -0.4 is 15.1 Å². The topological polar surface area (TPSA) is 140 Å². The number of piperazine rings is 1. The standard InChI is InChI=1S/C35H37ClFN7O6S/c1-49-34(47)30-28(39-32(33-38-10-15-51-33)40-31(30)26-8-2-21(37)16-27(26)36)20-41-11-12-43-24(17-41)18-44(35(43)48)23-5-3-22(4-6-23)42-13-14-50-25(19-42)7-9-29(45)46/h2-6,8,10,15-16,24-25,31H,7,9,11-14,17-20H2,1H3,(H,39,40)(H,45,46). The van der Waals surface area contributed by atoms with Gasteiger partial charge in [-0.1, -0.05) is 17.7 Å². The normalized spacial score (nSPS) is 22.5. The molecule has 0 saturated carbocycles. The second kappa shape index (κ2) is 15.0. The number of carbonyl (C=O) groups is 3. The molecule has 4 aliphatic rings. The van der Waals surface area contributed by atoms with Crippen LogP contribution in [0.25, 0.3) is 0 Å². The van der Waals surface area contributed by atoms with Crippen molar-refractivity contribution in [1.29, 1.82) is 0 Å². The number of nitrogens with one attached hydrogen (secondary N) is 1. The molecule has 16 heteroatoms. The highest BCUT2D eigenvalue weighted by Gasteiger charge is 2.42. The largest absolute Gasteiger partial charge is 0.481 e. The fourth-order valence-electron chi connectivity index (χ4n) is 7.08. The molecule has 1 aromatic heterocycles. The number of benzene rings is 2. The first-order valence-electron chi connectivity index (χ1n) is 16.7. The van der Waals surface area contributed by atoms with E-state index in [0.29, 0.717) is 80.9 Å². The Morgan fingerprint density at radius 3 is 2.65 bits per heavy atom. The lowest BCUT2D eigenvalue weighted by molar-refractivity contribution is -0.138. The van der Waals surface area contributed by atoms with Crippen LogP contribution in [0, 0.1) is 5.82 Å². The molecule has 3 unspecified atom stereocenters. The number of morpholine rings is 1. The summed E-state index contributed by atoms with van der Waals surface area (Å²) in [5.41, 5.74) is 3.10. The summed E-state index contributed by atoms with van der Waals surface area (Å²) in [6.45, 7) is 4.32. The number of nitrogens with zero attached hydrogens (tertiary/aromatic N) is 6.